The van der Waals surface area contributed by atoms with Crippen molar-refractivity contribution in [3.63, 3.8) is 0 Å². The summed E-state index contributed by atoms with van der Waals surface area (Å²) in [5.41, 5.74) is 1.94. The predicted octanol–water partition coefficient (Wildman–Crippen LogP) is 1.66. The van der Waals surface area contributed by atoms with Gasteiger partial charge in [0, 0.05) is 19.0 Å². The van der Waals surface area contributed by atoms with Gasteiger partial charge in [-0.1, -0.05) is 38.1 Å². The summed E-state index contributed by atoms with van der Waals surface area (Å²) < 4.78 is 0. The van der Waals surface area contributed by atoms with E-state index in [1.54, 1.807) is 0 Å². The number of nitrogens with one attached hydrogen (secondary N) is 1. The van der Waals surface area contributed by atoms with Crippen molar-refractivity contribution in [3.05, 3.63) is 35.4 Å². The summed E-state index contributed by atoms with van der Waals surface area (Å²) in [6, 6.07) is 7.30. The number of hydrogen-bond donors (Lipinski definition) is 4. The molecule has 0 heterocycles. The Balaban J connectivity index is 2.77. The lowest BCUT2D eigenvalue weighted by molar-refractivity contribution is -0.137. The van der Waals surface area contributed by atoms with Crippen LogP contribution in [0.5, 0.6) is 0 Å². The third kappa shape index (κ3) is 5.83. The molecule has 0 saturated heterocycles. The Labute approximate surface area is 125 Å². The Kier molecular flexibility index (Phi) is 7.36. The minimum absolute atomic E-state index is 0.0236. The highest BCUT2D eigenvalue weighted by atomic mass is 16.4. The average molecular weight is 295 g/mol. The molecule has 2 unspecified atom stereocenters. The molecule has 0 aliphatic carbocycles. The number of carboxylic acid groups (broad SMARTS) is 1. The standard InChI is InChI=1S/C16H25NO4/c1-11(2)12-3-5-13(6-4-12)16(21)14(17-9-10-18)7-8-15(19)20/h3-6,11,14,16-18,21H,7-10H2,1-2H3,(H,19,20). The Morgan fingerprint density at radius 3 is 2.24 bits per heavy atom. The molecule has 4 N–H and O–H groups in total. The van der Waals surface area contributed by atoms with Crippen molar-refractivity contribution in [2.45, 2.75) is 44.8 Å². The van der Waals surface area contributed by atoms with Gasteiger partial charge in [0.15, 0.2) is 0 Å². The molecular formula is C16H25NO4. The molecule has 0 fully saturated rings. The van der Waals surface area contributed by atoms with E-state index in [1.807, 2.05) is 24.3 Å². The molecule has 1 rings (SSSR count). The highest BCUT2D eigenvalue weighted by Crippen LogP contribution is 2.22. The van der Waals surface area contributed by atoms with Gasteiger partial charge in [0.2, 0.25) is 0 Å². The molecule has 1 aromatic rings. The molecule has 118 valence electrons. The first-order valence-corrected chi connectivity index (χ1v) is 7.29. The largest absolute Gasteiger partial charge is 0.481 e. The van der Waals surface area contributed by atoms with Crippen molar-refractivity contribution in [1.29, 1.82) is 0 Å². The first-order valence-electron chi connectivity index (χ1n) is 7.29. The lowest BCUT2D eigenvalue weighted by Crippen LogP contribution is -2.37. The van der Waals surface area contributed by atoms with E-state index in [2.05, 4.69) is 19.2 Å². The maximum atomic E-state index is 10.7. The van der Waals surface area contributed by atoms with E-state index >= 15 is 0 Å². The average Bonchev–Trinajstić information content (AvgIpc) is 2.46. The van der Waals surface area contributed by atoms with Crippen LogP contribution in [0.1, 0.15) is 49.8 Å². The topological polar surface area (TPSA) is 89.8 Å². The van der Waals surface area contributed by atoms with Crippen LogP contribution in [0.3, 0.4) is 0 Å². The highest BCUT2D eigenvalue weighted by molar-refractivity contribution is 5.66. The van der Waals surface area contributed by atoms with Gasteiger partial charge >= 0.3 is 5.97 Å². The SMILES string of the molecule is CC(C)c1ccc(C(O)C(CCC(=O)O)NCCO)cc1. The van der Waals surface area contributed by atoms with Crippen LogP contribution in [-0.2, 0) is 4.79 Å². The van der Waals surface area contributed by atoms with Gasteiger partial charge in [-0.3, -0.25) is 4.79 Å². The molecule has 0 bridgehead atoms. The Bertz CT molecular complexity index is 430. The monoisotopic (exact) mass is 295 g/mol. The Morgan fingerprint density at radius 1 is 1.19 bits per heavy atom. The summed E-state index contributed by atoms with van der Waals surface area (Å²) in [5.74, 6) is -0.473. The van der Waals surface area contributed by atoms with Crippen LogP contribution in [-0.4, -0.2) is 40.5 Å². The van der Waals surface area contributed by atoms with E-state index in [4.69, 9.17) is 10.2 Å². The second-order valence-corrected chi connectivity index (χ2v) is 5.48. The van der Waals surface area contributed by atoms with Crippen molar-refractivity contribution in [2.24, 2.45) is 0 Å². The molecule has 0 spiro atoms. The van der Waals surface area contributed by atoms with Crippen molar-refractivity contribution >= 4 is 5.97 Å². The molecule has 0 aromatic heterocycles. The number of carbonyl (C=O) groups is 1. The molecular weight excluding hydrogens is 270 g/mol. The summed E-state index contributed by atoms with van der Waals surface area (Å²) >= 11 is 0. The molecule has 2 atom stereocenters. The van der Waals surface area contributed by atoms with Crippen LogP contribution in [0.15, 0.2) is 24.3 Å². The number of aliphatic hydroxyl groups excluding tert-OH is 2. The Hall–Kier alpha value is -1.43. The minimum Gasteiger partial charge on any atom is -0.481 e. The minimum atomic E-state index is -0.895. The van der Waals surface area contributed by atoms with E-state index in [1.165, 1.54) is 5.56 Å². The molecule has 5 heteroatoms. The number of aliphatic carboxylic acids is 1. The number of benzene rings is 1. The van der Waals surface area contributed by atoms with Crippen LogP contribution >= 0.6 is 0 Å². The van der Waals surface area contributed by atoms with Gasteiger partial charge in [-0.25, -0.2) is 0 Å². The van der Waals surface area contributed by atoms with Crippen LogP contribution in [0.2, 0.25) is 0 Å². The smallest absolute Gasteiger partial charge is 0.303 e. The lowest BCUT2D eigenvalue weighted by Gasteiger charge is -2.24. The van der Waals surface area contributed by atoms with Gasteiger partial charge in [0.05, 0.1) is 12.7 Å². The Morgan fingerprint density at radius 2 is 1.76 bits per heavy atom. The van der Waals surface area contributed by atoms with Gasteiger partial charge < -0.3 is 20.6 Å². The first kappa shape index (κ1) is 17.6. The second kappa shape index (κ2) is 8.77. The van der Waals surface area contributed by atoms with Crippen molar-refractivity contribution < 1.29 is 20.1 Å². The zero-order valence-corrected chi connectivity index (χ0v) is 12.6. The second-order valence-electron chi connectivity index (χ2n) is 5.48. The summed E-state index contributed by atoms with van der Waals surface area (Å²) in [5, 5.41) is 31.1. The third-order valence-corrected chi connectivity index (χ3v) is 3.51. The molecule has 0 amide bonds. The van der Waals surface area contributed by atoms with E-state index in [-0.39, 0.29) is 13.0 Å². The van der Waals surface area contributed by atoms with Crippen LogP contribution < -0.4 is 5.32 Å². The molecule has 0 aliphatic rings. The summed E-state index contributed by atoms with van der Waals surface area (Å²) in [7, 11) is 0. The summed E-state index contributed by atoms with van der Waals surface area (Å²) in [4.78, 5) is 10.7. The van der Waals surface area contributed by atoms with Crippen molar-refractivity contribution in [3.8, 4) is 0 Å². The molecule has 1 aromatic carbocycles. The first-order chi connectivity index (χ1) is 9.95. The zero-order chi connectivity index (χ0) is 15.8. The number of aliphatic hydroxyl groups is 2. The quantitative estimate of drug-likeness (QED) is 0.556. The zero-order valence-electron chi connectivity index (χ0n) is 12.6. The molecule has 5 nitrogen and oxygen atoms in total. The predicted molar refractivity (Wildman–Crippen MR) is 81.2 cm³/mol. The van der Waals surface area contributed by atoms with Gasteiger partial charge in [-0.2, -0.15) is 0 Å². The summed E-state index contributed by atoms with van der Waals surface area (Å²) in [6.07, 6.45) is -0.510. The van der Waals surface area contributed by atoms with Gasteiger partial charge in [-0.05, 0) is 23.5 Å². The molecule has 0 radical (unpaired) electrons. The van der Waals surface area contributed by atoms with Crippen molar-refractivity contribution in [2.75, 3.05) is 13.2 Å². The van der Waals surface area contributed by atoms with Gasteiger partial charge in [0.25, 0.3) is 0 Å². The van der Waals surface area contributed by atoms with Crippen LogP contribution in [0.4, 0.5) is 0 Å². The van der Waals surface area contributed by atoms with Crippen LogP contribution in [0.25, 0.3) is 0 Å². The maximum absolute atomic E-state index is 10.7. The lowest BCUT2D eigenvalue weighted by atomic mass is 9.95. The van der Waals surface area contributed by atoms with Crippen LogP contribution in [0, 0.1) is 0 Å². The van der Waals surface area contributed by atoms with E-state index in [0.29, 0.717) is 18.9 Å². The normalized spacial score (nSPS) is 14.1. The summed E-state index contributed by atoms with van der Waals surface area (Å²) in [6.45, 7) is 4.47. The molecule has 0 aliphatic heterocycles. The van der Waals surface area contributed by atoms with Gasteiger partial charge in [-0.15, -0.1) is 0 Å². The van der Waals surface area contributed by atoms with E-state index < -0.39 is 18.1 Å². The van der Waals surface area contributed by atoms with E-state index in [0.717, 1.165) is 5.56 Å². The van der Waals surface area contributed by atoms with Crippen molar-refractivity contribution in [1.82, 2.24) is 5.32 Å². The van der Waals surface area contributed by atoms with Gasteiger partial charge in [0.1, 0.15) is 0 Å². The third-order valence-electron chi connectivity index (χ3n) is 3.51. The molecule has 0 saturated carbocycles. The number of rotatable bonds is 9. The fraction of sp³-hybridized carbons (Fsp3) is 0.562. The number of carboxylic acids is 1. The highest BCUT2D eigenvalue weighted by Gasteiger charge is 2.21. The fourth-order valence-electron chi connectivity index (χ4n) is 2.21. The van der Waals surface area contributed by atoms with E-state index in [9.17, 15) is 9.90 Å². The molecule has 21 heavy (non-hydrogen) atoms. The maximum Gasteiger partial charge on any atom is 0.303 e. The fourth-order valence-corrected chi connectivity index (χ4v) is 2.21. The number of hydrogen-bond acceptors (Lipinski definition) is 4.